The maximum atomic E-state index is 12.2. The molecule has 1 atom stereocenters. The van der Waals surface area contributed by atoms with Crippen molar-refractivity contribution in [2.24, 2.45) is 5.73 Å². The first kappa shape index (κ1) is 19.0. The number of carbonyl (C=O) groups excluding carboxylic acids is 1. The molecule has 0 unspecified atom stereocenters. The summed E-state index contributed by atoms with van der Waals surface area (Å²) in [7, 11) is 0. The summed E-state index contributed by atoms with van der Waals surface area (Å²) in [5.74, 6) is -0.347. The topological polar surface area (TPSA) is 62.5 Å². The highest BCUT2D eigenvalue weighted by Gasteiger charge is 2.29. The second-order valence-corrected chi connectivity index (χ2v) is 7.74. The zero-order valence-corrected chi connectivity index (χ0v) is 16.7. The summed E-state index contributed by atoms with van der Waals surface area (Å²) in [5, 5.41) is 2.39. The molecule has 3 aromatic rings. The Kier molecular flexibility index (Phi) is 5.40. The smallest absolute Gasteiger partial charge is 0.239 e. The number of carbonyl (C=O) groups is 1. The Morgan fingerprint density at radius 2 is 1.64 bits per heavy atom. The summed E-state index contributed by atoms with van der Waals surface area (Å²) in [6, 6.07) is 14.6. The fraction of sp³-hybridized carbons (Fsp3) is 0.238. The van der Waals surface area contributed by atoms with Crippen molar-refractivity contribution in [3.63, 3.8) is 0 Å². The Morgan fingerprint density at radius 3 is 2.32 bits per heavy atom. The lowest BCUT2D eigenvalue weighted by molar-refractivity contribution is -0.123. The predicted octanol–water partition coefficient (Wildman–Crippen LogP) is 3.89. The standard InChI is InChI=1S/C21H20Cl2N4O/c22-15-3-1-14(2-4-15)20(21(24)28)27-11-9-26(10-12-27)19-7-8-25-18-13-16(23)5-6-17(18)19/h1-8,13,20H,9-12H2,(H2,24,28)/t20-/m0/s1. The van der Waals surface area contributed by atoms with Crippen LogP contribution in [0.4, 0.5) is 5.69 Å². The molecule has 1 aliphatic heterocycles. The summed E-state index contributed by atoms with van der Waals surface area (Å²) in [5.41, 5.74) is 8.60. The third kappa shape index (κ3) is 3.78. The van der Waals surface area contributed by atoms with E-state index in [0.717, 1.165) is 48.3 Å². The van der Waals surface area contributed by atoms with Crippen LogP contribution in [0.25, 0.3) is 10.9 Å². The van der Waals surface area contributed by atoms with Gasteiger partial charge in [0.1, 0.15) is 6.04 Å². The van der Waals surface area contributed by atoms with Gasteiger partial charge < -0.3 is 10.6 Å². The Hall–Kier alpha value is -2.34. The molecular formula is C21H20Cl2N4O. The Balaban J connectivity index is 1.54. The van der Waals surface area contributed by atoms with Crippen LogP contribution in [0.5, 0.6) is 0 Å². The number of benzene rings is 2. The zero-order valence-electron chi connectivity index (χ0n) is 15.2. The molecule has 0 bridgehead atoms. The van der Waals surface area contributed by atoms with Gasteiger partial charge in [-0.15, -0.1) is 0 Å². The van der Waals surface area contributed by atoms with Crippen molar-refractivity contribution in [2.75, 3.05) is 31.1 Å². The van der Waals surface area contributed by atoms with Crippen molar-refractivity contribution in [1.82, 2.24) is 9.88 Å². The third-order valence-electron chi connectivity index (χ3n) is 5.16. The van der Waals surface area contributed by atoms with Crippen LogP contribution in [0.2, 0.25) is 10.0 Å². The van der Waals surface area contributed by atoms with E-state index in [1.807, 2.05) is 36.4 Å². The molecule has 2 aromatic carbocycles. The predicted molar refractivity (Wildman–Crippen MR) is 114 cm³/mol. The van der Waals surface area contributed by atoms with Crippen molar-refractivity contribution in [3.8, 4) is 0 Å². The summed E-state index contributed by atoms with van der Waals surface area (Å²) >= 11 is 12.1. The summed E-state index contributed by atoms with van der Waals surface area (Å²) in [6.45, 7) is 3.04. The quantitative estimate of drug-likeness (QED) is 0.703. The third-order valence-corrected chi connectivity index (χ3v) is 5.64. The van der Waals surface area contributed by atoms with Gasteiger partial charge in [-0.2, -0.15) is 0 Å². The van der Waals surface area contributed by atoms with E-state index in [0.29, 0.717) is 10.0 Å². The van der Waals surface area contributed by atoms with Gasteiger partial charge in [-0.1, -0.05) is 35.3 Å². The summed E-state index contributed by atoms with van der Waals surface area (Å²) in [6.07, 6.45) is 1.81. The molecule has 1 fully saturated rings. The summed E-state index contributed by atoms with van der Waals surface area (Å²) in [4.78, 5) is 21.0. The SMILES string of the molecule is NC(=O)[C@H](c1ccc(Cl)cc1)N1CCN(c2ccnc3cc(Cl)ccc23)CC1. The van der Waals surface area contributed by atoms with Crippen LogP contribution in [-0.4, -0.2) is 42.0 Å². The molecule has 1 aromatic heterocycles. The number of anilines is 1. The van der Waals surface area contributed by atoms with Gasteiger partial charge in [-0.05, 0) is 42.0 Å². The van der Waals surface area contributed by atoms with Gasteiger partial charge in [-0.25, -0.2) is 0 Å². The zero-order chi connectivity index (χ0) is 19.7. The molecule has 0 saturated carbocycles. The number of primary amides is 1. The molecule has 28 heavy (non-hydrogen) atoms. The van der Waals surface area contributed by atoms with Crippen molar-refractivity contribution < 1.29 is 4.79 Å². The second kappa shape index (κ2) is 7.95. The lowest BCUT2D eigenvalue weighted by atomic mass is 10.0. The Bertz CT molecular complexity index is 1000. The van der Waals surface area contributed by atoms with Gasteiger partial charge in [0.25, 0.3) is 0 Å². The van der Waals surface area contributed by atoms with E-state index in [1.54, 1.807) is 18.3 Å². The Morgan fingerprint density at radius 1 is 0.964 bits per heavy atom. The minimum atomic E-state index is -0.451. The summed E-state index contributed by atoms with van der Waals surface area (Å²) < 4.78 is 0. The number of nitrogens with two attached hydrogens (primary N) is 1. The average Bonchev–Trinajstić information content (AvgIpc) is 2.69. The maximum absolute atomic E-state index is 12.2. The fourth-order valence-electron chi connectivity index (χ4n) is 3.80. The van der Waals surface area contributed by atoms with Crippen LogP contribution in [-0.2, 0) is 4.79 Å². The number of amides is 1. The van der Waals surface area contributed by atoms with E-state index in [2.05, 4.69) is 14.8 Å². The van der Waals surface area contributed by atoms with Crippen LogP contribution >= 0.6 is 23.2 Å². The van der Waals surface area contributed by atoms with E-state index >= 15 is 0 Å². The van der Waals surface area contributed by atoms with Crippen molar-refractivity contribution in [1.29, 1.82) is 0 Å². The van der Waals surface area contributed by atoms with E-state index in [1.165, 1.54) is 0 Å². The van der Waals surface area contributed by atoms with Crippen molar-refractivity contribution in [2.45, 2.75) is 6.04 Å². The molecule has 0 spiro atoms. The normalized spacial score (nSPS) is 16.3. The molecule has 1 aliphatic rings. The van der Waals surface area contributed by atoms with Gasteiger partial charge in [0, 0.05) is 53.5 Å². The molecule has 5 nitrogen and oxygen atoms in total. The largest absolute Gasteiger partial charge is 0.368 e. The van der Waals surface area contributed by atoms with E-state index in [9.17, 15) is 4.79 Å². The van der Waals surface area contributed by atoms with Gasteiger partial charge in [0.05, 0.1) is 5.52 Å². The number of hydrogen-bond donors (Lipinski definition) is 1. The molecular weight excluding hydrogens is 395 g/mol. The minimum Gasteiger partial charge on any atom is -0.368 e. The van der Waals surface area contributed by atoms with Crippen LogP contribution in [0.1, 0.15) is 11.6 Å². The van der Waals surface area contributed by atoms with Crippen LogP contribution in [0.15, 0.2) is 54.7 Å². The molecule has 2 N–H and O–H groups in total. The van der Waals surface area contributed by atoms with Gasteiger partial charge in [0.2, 0.25) is 5.91 Å². The fourth-order valence-corrected chi connectivity index (χ4v) is 4.10. The van der Waals surface area contributed by atoms with Crippen LogP contribution in [0, 0.1) is 0 Å². The molecule has 0 aliphatic carbocycles. The number of pyridine rings is 1. The number of piperazine rings is 1. The van der Waals surface area contributed by atoms with Gasteiger partial charge in [-0.3, -0.25) is 14.7 Å². The number of nitrogens with zero attached hydrogens (tertiary/aromatic N) is 3. The molecule has 4 rings (SSSR count). The lowest BCUT2D eigenvalue weighted by Gasteiger charge is -2.39. The number of halogens is 2. The van der Waals surface area contributed by atoms with Crippen molar-refractivity contribution in [3.05, 3.63) is 70.3 Å². The van der Waals surface area contributed by atoms with E-state index in [4.69, 9.17) is 28.9 Å². The highest BCUT2D eigenvalue weighted by molar-refractivity contribution is 6.31. The first-order valence-corrected chi connectivity index (χ1v) is 9.86. The number of aromatic nitrogens is 1. The molecule has 144 valence electrons. The molecule has 0 radical (unpaired) electrons. The van der Waals surface area contributed by atoms with Gasteiger partial charge in [0.15, 0.2) is 0 Å². The molecule has 1 saturated heterocycles. The lowest BCUT2D eigenvalue weighted by Crippen LogP contribution is -2.50. The maximum Gasteiger partial charge on any atom is 0.239 e. The van der Waals surface area contributed by atoms with E-state index in [-0.39, 0.29) is 5.91 Å². The average molecular weight is 415 g/mol. The van der Waals surface area contributed by atoms with Gasteiger partial charge >= 0.3 is 0 Å². The molecule has 7 heteroatoms. The highest BCUT2D eigenvalue weighted by atomic mass is 35.5. The highest BCUT2D eigenvalue weighted by Crippen LogP contribution is 2.30. The monoisotopic (exact) mass is 414 g/mol. The van der Waals surface area contributed by atoms with E-state index < -0.39 is 6.04 Å². The van der Waals surface area contributed by atoms with Crippen LogP contribution in [0.3, 0.4) is 0 Å². The molecule has 2 heterocycles. The van der Waals surface area contributed by atoms with Crippen LogP contribution < -0.4 is 10.6 Å². The second-order valence-electron chi connectivity index (χ2n) is 6.87. The first-order valence-electron chi connectivity index (χ1n) is 9.11. The van der Waals surface area contributed by atoms with Crippen molar-refractivity contribution >= 4 is 45.7 Å². The number of fused-ring (bicyclic) bond motifs is 1. The molecule has 1 amide bonds. The minimum absolute atomic E-state index is 0.347. The first-order chi connectivity index (χ1) is 13.5. The Labute approximate surface area is 173 Å². The number of rotatable bonds is 4. The number of hydrogen-bond acceptors (Lipinski definition) is 4.